The first-order valence-corrected chi connectivity index (χ1v) is 5.28. The van der Waals surface area contributed by atoms with Gasteiger partial charge in [-0.1, -0.05) is 12.8 Å². The largest absolute Gasteiger partial charge is 0.481 e. The number of rotatable bonds is 3. The first-order chi connectivity index (χ1) is 7.25. The average molecular weight is 206 g/mol. The molecule has 0 radical (unpaired) electrons. The third-order valence-corrected chi connectivity index (χ3v) is 2.85. The molecular formula is C11H14N2O2. The SMILES string of the molecule is O=C(O)Cc1cc(C2CCCC2)ncn1. The second-order valence-electron chi connectivity index (χ2n) is 3.99. The van der Waals surface area contributed by atoms with Gasteiger partial charge in [-0.15, -0.1) is 0 Å². The van der Waals surface area contributed by atoms with Crippen LogP contribution in [0.1, 0.15) is 43.0 Å². The molecule has 80 valence electrons. The lowest BCUT2D eigenvalue weighted by molar-refractivity contribution is -0.136. The molecule has 0 saturated heterocycles. The smallest absolute Gasteiger partial charge is 0.309 e. The van der Waals surface area contributed by atoms with Gasteiger partial charge in [0.05, 0.1) is 12.1 Å². The normalized spacial score (nSPS) is 16.8. The van der Waals surface area contributed by atoms with Crippen LogP contribution in [0.3, 0.4) is 0 Å². The van der Waals surface area contributed by atoms with Gasteiger partial charge in [-0.05, 0) is 18.9 Å². The molecule has 0 aromatic carbocycles. The van der Waals surface area contributed by atoms with Crippen molar-refractivity contribution in [2.75, 3.05) is 0 Å². The summed E-state index contributed by atoms with van der Waals surface area (Å²) in [6, 6.07) is 1.84. The molecule has 4 heteroatoms. The molecule has 0 bridgehead atoms. The van der Waals surface area contributed by atoms with E-state index >= 15 is 0 Å². The summed E-state index contributed by atoms with van der Waals surface area (Å²) in [5.74, 6) is -0.327. The summed E-state index contributed by atoms with van der Waals surface area (Å²) >= 11 is 0. The Morgan fingerprint density at radius 1 is 1.40 bits per heavy atom. The van der Waals surface area contributed by atoms with Crippen LogP contribution in [-0.4, -0.2) is 21.0 Å². The predicted molar refractivity (Wildman–Crippen MR) is 54.6 cm³/mol. The minimum absolute atomic E-state index is 0.0117. The van der Waals surface area contributed by atoms with E-state index in [2.05, 4.69) is 9.97 Å². The maximum absolute atomic E-state index is 10.5. The summed E-state index contributed by atoms with van der Waals surface area (Å²) in [6.45, 7) is 0. The lowest BCUT2D eigenvalue weighted by Crippen LogP contribution is -2.05. The highest BCUT2D eigenvalue weighted by molar-refractivity contribution is 5.69. The van der Waals surface area contributed by atoms with Gasteiger partial charge < -0.3 is 5.11 Å². The molecule has 1 aliphatic carbocycles. The zero-order valence-corrected chi connectivity index (χ0v) is 8.52. The van der Waals surface area contributed by atoms with Crippen molar-refractivity contribution in [3.05, 3.63) is 23.8 Å². The number of hydrogen-bond donors (Lipinski definition) is 1. The van der Waals surface area contributed by atoms with Crippen LogP contribution in [0.15, 0.2) is 12.4 Å². The highest BCUT2D eigenvalue weighted by Gasteiger charge is 2.18. The molecule has 4 nitrogen and oxygen atoms in total. The van der Waals surface area contributed by atoms with E-state index in [0.29, 0.717) is 11.6 Å². The van der Waals surface area contributed by atoms with Crippen LogP contribution in [0.5, 0.6) is 0 Å². The van der Waals surface area contributed by atoms with Crippen LogP contribution in [-0.2, 0) is 11.2 Å². The average Bonchev–Trinajstić information content (AvgIpc) is 2.69. The van der Waals surface area contributed by atoms with E-state index in [4.69, 9.17) is 5.11 Å². The molecule has 1 heterocycles. The van der Waals surface area contributed by atoms with E-state index in [1.807, 2.05) is 6.07 Å². The van der Waals surface area contributed by atoms with Crippen LogP contribution in [0.2, 0.25) is 0 Å². The first-order valence-electron chi connectivity index (χ1n) is 5.28. The maximum atomic E-state index is 10.5. The number of nitrogens with zero attached hydrogens (tertiary/aromatic N) is 2. The molecule has 0 atom stereocenters. The summed E-state index contributed by atoms with van der Waals surface area (Å²) in [5, 5.41) is 8.66. The molecule has 1 N–H and O–H groups in total. The van der Waals surface area contributed by atoms with E-state index < -0.39 is 5.97 Å². The van der Waals surface area contributed by atoms with Crippen molar-refractivity contribution in [3.8, 4) is 0 Å². The standard InChI is InChI=1S/C11H14N2O2/c14-11(15)6-9-5-10(13-7-12-9)8-3-1-2-4-8/h5,7-8H,1-4,6H2,(H,14,15). The van der Waals surface area contributed by atoms with Crippen molar-refractivity contribution < 1.29 is 9.90 Å². The van der Waals surface area contributed by atoms with E-state index in [1.54, 1.807) is 0 Å². The van der Waals surface area contributed by atoms with Crippen molar-refractivity contribution in [3.63, 3.8) is 0 Å². The second kappa shape index (κ2) is 4.38. The molecule has 0 spiro atoms. The van der Waals surface area contributed by atoms with Crippen molar-refractivity contribution in [2.45, 2.75) is 38.0 Å². The Hall–Kier alpha value is -1.45. The molecule has 1 fully saturated rings. The molecule has 15 heavy (non-hydrogen) atoms. The molecular weight excluding hydrogens is 192 g/mol. The summed E-state index contributed by atoms with van der Waals surface area (Å²) in [6.07, 6.45) is 6.31. The van der Waals surface area contributed by atoms with Gasteiger partial charge in [-0.3, -0.25) is 4.79 Å². The van der Waals surface area contributed by atoms with Crippen molar-refractivity contribution >= 4 is 5.97 Å². The highest BCUT2D eigenvalue weighted by atomic mass is 16.4. The van der Waals surface area contributed by atoms with Crippen molar-refractivity contribution in [1.29, 1.82) is 0 Å². The second-order valence-corrected chi connectivity index (χ2v) is 3.99. The molecule has 1 saturated carbocycles. The zero-order chi connectivity index (χ0) is 10.7. The third-order valence-electron chi connectivity index (χ3n) is 2.85. The Bertz CT molecular complexity index is 359. The van der Waals surface area contributed by atoms with Gasteiger partial charge in [0, 0.05) is 11.6 Å². The molecule has 0 amide bonds. The summed E-state index contributed by atoms with van der Waals surface area (Å²) < 4.78 is 0. The minimum atomic E-state index is -0.842. The number of carbonyl (C=O) groups is 1. The zero-order valence-electron chi connectivity index (χ0n) is 8.52. The van der Waals surface area contributed by atoms with Crippen LogP contribution in [0.25, 0.3) is 0 Å². The van der Waals surface area contributed by atoms with E-state index in [9.17, 15) is 4.79 Å². The molecule has 1 aliphatic rings. The first kappa shape index (κ1) is 10.1. The van der Waals surface area contributed by atoms with Gasteiger partial charge in [0.15, 0.2) is 0 Å². The van der Waals surface area contributed by atoms with Gasteiger partial charge in [0.2, 0.25) is 0 Å². The lowest BCUT2D eigenvalue weighted by Gasteiger charge is -2.08. The quantitative estimate of drug-likeness (QED) is 0.818. The van der Waals surface area contributed by atoms with Gasteiger partial charge in [0.25, 0.3) is 0 Å². The van der Waals surface area contributed by atoms with Crippen LogP contribution in [0.4, 0.5) is 0 Å². The van der Waals surface area contributed by atoms with Gasteiger partial charge in [0.1, 0.15) is 6.33 Å². The molecule has 1 aromatic heterocycles. The van der Waals surface area contributed by atoms with Gasteiger partial charge >= 0.3 is 5.97 Å². The summed E-state index contributed by atoms with van der Waals surface area (Å²) in [7, 11) is 0. The third kappa shape index (κ3) is 2.52. The topological polar surface area (TPSA) is 63.1 Å². The van der Waals surface area contributed by atoms with Crippen LogP contribution >= 0.6 is 0 Å². The molecule has 1 aromatic rings. The van der Waals surface area contributed by atoms with Crippen molar-refractivity contribution in [2.24, 2.45) is 0 Å². The minimum Gasteiger partial charge on any atom is -0.481 e. The van der Waals surface area contributed by atoms with Gasteiger partial charge in [-0.25, -0.2) is 9.97 Å². The van der Waals surface area contributed by atoms with E-state index in [-0.39, 0.29) is 6.42 Å². The Morgan fingerprint density at radius 3 is 2.80 bits per heavy atom. The van der Waals surface area contributed by atoms with Crippen molar-refractivity contribution in [1.82, 2.24) is 9.97 Å². The monoisotopic (exact) mass is 206 g/mol. The fourth-order valence-corrected chi connectivity index (χ4v) is 2.11. The number of aliphatic carboxylic acids is 1. The Morgan fingerprint density at radius 2 is 2.13 bits per heavy atom. The molecule has 0 unspecified atom stereocenters. The Kier molecular flexibility index (Phi) is 2.94. The Balaban J connectivity index is 2.14. The molecule has 0 aliphatic heterocycles. The number of carboxylic acid groups (broad SMARTS) is 1. The van der Waals surface area contributed by atoms with Gasteiger partial charge in [-0.2, -0.15) is 0 Å². The Labute approximate surface area is 88.4 Å². The fourth-order valence-electron chi connectivity index (χ4n) is 2.11. The summed E-state index contributed by atoms with van der Waals surface area (Å²) in [4.78, 5) is 18.7. The predicted octanol–water partition coefficient (Wildman–Crippen LogP) is 1.76. The van der Waals surface area contributed by atoms with Crippen LogP contribution < -0.4 is 0 Å². The van der Waals surface area contributed by atoms with Crippen LogP contribution in [0, 0.1) is 0 Å². The number of carboxylic acids is 1. The number of aromatic nitrogens is 2. The highest BCUT2D eigenvalue weighted by Crippen LogP contribution is 2.32. The van der Waals surface area contributed by atoms with E-state index in [0.717, 1.165) is 5.69 Å². The number of hydrogen-bond acceptors (Lipinski definition) is 3. The molecule has 2 rings (SSSR count). The maximum Gasteiger partial charge on any atom is 0.309 e. The lowest BCUT2D eigenvalue weighted by atomic mass is 10.0. The summed E-state index contributed by atoms with van der Waals surface area (Å²) in [5.41, 5.74) is 1.62. The van der Waals surface area contributed by atoms with E-state index in [1.165, 1.54) is 32.0 Å². The fraction of sp³-hybridized carbons (Fsp3) is 0.545.